The molecule has 0 radical (unpaired) electrons. The molecule has 17 heavy (non-hydrogen) atoms. The van der Waals surface area contributed by atoms with Crippen LogP contribution in [0.15, 0.2) is 29.1 Å². The van der Waals surface area contributed by atoms with Gasteiger partial charge in [-0.05, 0) is 31.2 Å². The highest BCUT2D eigenvalue weighted by Gasteiger charge is 2.09. The van der Waals surface area contributed by atoms with Crippen molar-refractivity contribution in [2.75, 3.05) is 0 Å². The van der Waals surface area contributed by atoms with Gasteiger partial charge in [0.1, 0.15) is 5.82 Å². The zero-order valence-corrected chi connectivity index (χ0v) is 9.41. The van der Waals surface area contributed by atoms with Crippen LogP contribution in [0.5, 0.6) is 0 Å². The van der Waals surface area contributed by atoms with Crippen LogP contribution >= 0.6 is 0 Å². The second kappa shape index (κ2) is 3.89. The van der Waals surface area contributed by atoms with E-state index in [0.29, 0.717) is 11.5 Å². The lowest BCUT2D eigenvalue weighted by Crippen LogP contribution is -2.21. The SMILES string of the molecule is Cc1nn(C)c(=O)n1-c1ccc(C(=O)O)cc1. The molecule has 1 heterocycles. The third-order valence-corrected chi connectivity index (χ3v) is 2.46. The fourth-order valence-corrected chi connectivity index (χ4v) is 1.64. The van der Waals surface area contributed by atoms with Crippen molar-refractivity contribution in [2.45, 2.75) is 6.92 Å². The van der Waals surface area contributed by atoms with Crippen molar-refractivity contribution in [1.29, 1.82) is 0 Å². The molecule has 0 saturated carbocycles. The molecule has 1 aromatic carbocycles. The number of aromatic nitrogens is 3. The number of benzene rings is 1. The zero-order chi connectivity index (χ0) is 12.6. The van der Waals surface area contributed by atoms with Gasteiger partial charge in [0, 0.05) is 7.05 Å². The summed E-state index contributed by atoms with van der Waals surface area (Å²) in [5.41, 5.74) is 0.527. The van der Waals surface area contributed by atoms with Gasteiger partial charge in [-0.15, -0.1) is 0 Å². The standard InChI is InChI=1S/C11H11N3O3/c1-7-12-13(2)11(17)14(7)9-5-3-8(4-6-9)10(15)16/h3-6H,1-2H3,(H,15,16). The predicted molar refractivity (Wildman–Crippen MR) is 60.5 cm³/mol. The van der Waals surface area contributed by atoms with Crippen molar-refractivity contribution in [3.8, 4) is 5.69 Å². The highest BCUT2D eigenvalue weighted by atomic mass is 16.4. The third-order valence-electron chi connectivity index (χ3n) is 2.46. The molecule has 6 heteroatoms. The quantitative estimate of drug-likeness (QED) is 0.823. The average molecular weight is 233 g/mol. The number of hydrogen-bond donors (Lipinski definition) is 1. The summed E-state index contributed by atoms with van der Waals surface area (Å²) in [5, 5.41) is 12.8. The molecule has 0 unspecified atom stereocenters. The molecule has 2 rings (SSSR count). The Morgan fingerprint density at radius 3 is 2.29 bits per heavy atom. The summed E-state index contributed by atoms with van der Waals surface area (Å²) in [5.74, 6) is -0.438. The van der Waals surface area contributed by atoms with E-state index in [2.05, 4.69) is 5.10 Å². The second-order valence-corrected chi connectivity index (χ2v) is 3.64. The van der Waals surface area contributed by atoms with E-state index in [4.69, 9.17) is 5.11 Å². The molecule has 0 aliphatic heterocycles. The molecular weight excluding hydrogens is 222 g/mol. The Kier molecular flexibility index (Phi) is 2.55. The Bertz CT molecular complexity index is 622. The molecule has 0 bridgehead atoms. The van der Waals surface area contributed by atoms with Gasteiger partial charge < -0.3 is 5.11 Å². The highest BCUT2D eigenvalue weighted by molar-refractivity contribution is 5.87. The first-order chi connectivity index (χ1) is 8.00. The molecule has 0 aliphatic rings. The predicted octanol–water partition coefficient (Wildman–Crippen LogP) is 0.578. The maximum absolute atomic E-state index is 11.8. The van der Waals surface area contributed by atoms with Crippen LogP contribution < -0.4 is 5.69 Å². The van der Waals surface area contributed by atoms with Gasteiger partial charge in [-0.3, -0.25) is 0 Å². The molecule has 0 aliphatic carbocycles. The Balaban J connectivity index is 2.54. The summed E-state index contributed by atoms with van der Waals surface area (Å²) >= 11 is 0. The maximum atomic E-state index is 11.8. The third kappa shape index (κ3) is 1.84. The minimum absolute atomic E-state index is 0.184. The molecule has 2 aromatic rings. The van der Waals surface area contributed by atoms with E-state index in [1.54, 1.807) is 26.1 Å². The van der Waals surface area contributed by atoms with E-state index < -0.39 is 5.97 Å². The number of rotatable bonds is 2. The minimum Gasteiger partial charge on any atom is -0.478 e. The first kappa shape index (κ1) is 11.1. The lowest BCUT2D eigenvalue weighted by Gasteiger charge is -2.02. The molecule has 0 fully saturated rings. The summed E-state index contributed by atoms with van der Waals surface area (Å²) in [6.07, 6.45) is 0. The van der Waals surface area contributed by atoms with Gasteiger partial charge >= 0.3 is 11.7 Å². The number of nitrogens with zero attached hydrogens (tertiary/aromatic N) is 3. The molecule has 0 amide bonds. The van der Waals surface area contributed by atoms with Crippen LogP contribution in [-0.2, 0) is 7.05 Å². The topological polar surface area (TPSA) is 77.1 Å². The number of carboxylic acids is 1. The van der Waals surface area contributed by atoms with Gasteiger partial charge in [-0.25, -0.2) is 18.8 Å². The Labute approximate surface area is 96.7 Å². The summed E-state index contributed by atoms with van der Waals surface area (Å²) in [4.78, 5) is 22.5. The fraction of sp³-hybridized carbons (Fsp3) is 0.182. The fourth-order valence-electron chi connectivity index (χ4n) is 1.64. The van der Waals surface area contributed by atoms with Crippen LogP contribution in [0.2, 0.25) is 0 Å². The van der Waals surface area contributed by atoms with Crippen LogP contribution in [0, 0.1) is 6.92 Å². The Morgan fingerprint density at radius 2 is 1.88 bits per heavy atom. The summed E-state index contributed by atoms with van der Waals surface area (Å²) in [6.45, 7) is 1.71. The van der Waals surface area contributed by atoms with E-state index in [1.807, 2.05) is 0 Å². The van der Waals surface area contributed by atoms with Gasteiger partial charge in [0.05, 0.1) is 11.3 Å². The van der Waals surface area contributed by atoms with E-state index in [0.717, 1.165) is 0 Å². The van der Waals surface area contributed by atoms with E-state index in [-0.39, 0.29) is 11.3 Å². The van der Waals surface area contributed by atoms with Crippen molar-refractivity contribution >= 4 is 5.97 Å². The number of carbonyl (C=O) groups is 1. The smallest absolute Gasteiger partial charge is 0.350 e. The number of aromatic carboxylic acids is 1. The second-order valence-electron chi connectivity index (χ2n) is 3.64. The minimum atomic E-state index is -0.994. The molecule has 1 N–H and O–H groups in total. The number of carboxylic acid groups (broad SMARTS) is 1. The molecular formula is C11H11N3O3. The normalized spacial score (nSPS) is 10.5. The highest BCUT2D eigenvalue weighted by Crippen LogP contribution is 2.09. The summed E-state index contributed by atoms with van der Waals surface area (Å²) in [6, 6.07) is 6.08. The number of aryl methyl sites for hydroxylation is 2. The molecule has 0 atom stereocenters. The van der Waals surface area contributed by atoms with Gasteiger partial charge in [0.2, 0.25) is 0 Å². The van der Waals surface area contributed by atoms with E-state index >= 15 is 0 Å². The largest absolute Gasteiger partial charge is 0.478 e. The van der Waals surface area contributed by atoms with Gasteiger partial charge in [0.25, 0.3) is 0 Å². The first-order valence-corrected chi connectivity index (χ1v) is 4.97. The maximum Gasteiger partial charge on any atom is 0.350 e. The van der Waals surface area contributed by atoms with Crippen molar-refractivity contribution in [2.24, 2.45) is 7.05 Å². The summed E-state index contributed by atoms with van der Waals surface area (Å²) in [7, 11) is 1.57. The van der Waals surface area contributed by atoms with Crippen molar-refractivity contribution < 1.29 is 9.90 Å². The van der Waals surface area contributed by atoms with Crippen molar-refractivity contribution in [1.82, 2.24) is 14.3 Å². The van der Waals surface area contributed by atoms with Crippen LogP contribution in [-0.4, -0.2) is 25.4 Å². The van der Waals surface area contributed by atoms with Crippen LogP contribution in [0.4, 0.5) is 0 Å². The van der Waals surface area contributed by atoms with Crippen LogP contribution in [0.3, 0.4) is 0 Å². The number of hydrogen-bond acceptors (Lipinski definition) is 3. The lowest BCUT2D eigenvalue weighted by atomic mass is 10.2. The molecule has 6 nitrogen and oxygen atoms in total. The zero-order valence-electron chi connectivity index (χ0n) is 9.41. The average Bonchev–Trinajstić information content (AvgIpc) is 2.53. The van der Waals surface area contributed by atoms with Gasteiger partial charge in [0.15, 0.2) is 0 Å². The summed E-state index contributed by atoms with van der Waals surface area (Å²) < 4.78 is 2.66. The first-order valence-electron chi connectivity index (χ1n) is 4.97. The van der Waals surface area contributed by atoms with Gasteiger partial charge in [-0.1, -0.05) is 0 Å². The Hall–Kier alpha value is -2.37. The van der Waals surface area contributed by atoms with Crippen molar-refractivity contribution in [3.63, 3.8) is 0 Å². The monoisotopic (exact) mass is 233 g/mol. The van der Waals surface area contributed by atoms with E-state index in [9.17, 15) is 9.59 Å². The Morgan fingerprint density at radius 1 is 1.29 bits per heavy atom. The molecule has 1 aromatic heterocycles. The lowest BCUT2D eigenvalue weighted by molar-refractivity contribution is 0.0697. The van der Waals surface area contributed by atoms with Crippen molar-refractivity contribution in [3.05, 3.63) is 46.1 Å². The van der Waals surface area contributed by atoms with Crippen LogP contribution in [0.25, 0.3) is 5.69 Å². The van der Waals surface area contributed by atoms with Crippen LogP contribution in [0.1, 0.15) is 16.2 Å². The van der Waals surface area contributed by atoms with Gasteiger partial charge in [-0.2, -0.15) is 5.10 Å². The molecule has 88 valence electrons. The van der Waals surface area contributed by atoms with E-state index in [1.165, 1.54) is 21.4 Å². The molecule has 0 saturated heterocycles. The molecule has 0 spiro atoms.